The van der Waals surface area contributed by atoms with E-state index in [0.29, 0.717) is 18.8 Å². The molecule has 5 nitrogen and oxygen atoms in total. The number of unbranched alkanes of at least 4 members (excludes halogenated alkanes) is 1. The fraction of sp³-hybridized carbons (Fsp3) is 0.290. The Kier molecular flexibility index (Phi) is 6.63. The van der Waals surface area contributed by atoms with E-state index in [0.717, 1.165) is 68.9 Å². The van der Waals surface area contributed by atoms with Crippen molar-refractivity contribution < 1.29 is 19.4 Å². The first kappa shape index (κ1) is 23.8. The van der Waals surface area contributed by atoms with Crippen LogP contribution in [0.2, 0.25) is 0 Å². The van der Waals surface area contributed by atoms with Crippen LogP contribution in [0.4, 0.5) is 0 Å². The van der Waals surface area contributed by atoms with Gasteiger partial charge in [0.2, 0.25) is 0 Å². The summed E-state index contributed by atoms with van der Waals surface area (Å²) in [5, 5.41) is 13.2. The van der Waals surface area contributed by atoms with Crippen molar-refractivity contribution in [2.45, 2.75) is 46.1 Å². The Morgan fingerprint density at radius 1 is 1.22 bits per heavy atom. The molecule has 0 saturated heterocycles. The van der Waals surface area contributed by atoms with Crippen molar-refractivity contribution in [3.63, 3.8) is 0 Å². The lowest BCUT2D eigenvalue weighted by Gasteiger charge is -2.24. The Morgan fingerprint density at radius 3 is 2.86 bits per heavy atom. The molecule has 4 aromatic rings. The Morgan fingerprint density at radius 2 is 2.08 bits per heavy atom. The second-order valence-corrected chi connectivity index (χ2v) is 9.14. The highest BCUT2D eigenvalue weighted by Crippen LogP contribution is 2.44. The lowest BCUT2D eigenvalue weighted by molar-refractivity contribution is -0.151. The van der Waals surface area contributed by atoms with Gasteiger partial charge >= 0.3 is 5.97 Å². The first-order valence-electron chi connectivity index (χ1n) is 12.4. The van der Waals surface area contributed by atoms with E-state index in [2.05, 4.69) is 24.8 Å². The number of rotatable bonds is 7. The molecule has 1 aliphatic heterocycles. The van der Waals surface area contributed by atoms with Crippen LogP contribution in [0.5, 0.6) is 5.75 Å². The third-order valence-electron chi connectivity index (χ3n) is 6.76. The van der Waals surface area contributed by atoms with Crippen LogP contribution >= 0.6 is 0 Å². The summed E-state index contributed by atoms with van der Waals surface area (Å²) in [6.07, 6.45) is 3.28. The second-order valence-electron chi connectivity index (χ2n) is 9.14. The maximum absolute atomic E-state index is 12.6. The molecule has 2 heterocycles. The number of ether oxygens (including phenoxy) is 2. The summed E-state index contributed by atoms with van der Waals surface area (Å²) in [6, 6.07) is 14.1. The van der Waals surface area contributed by atoms with Crippen molar-refractivity contribution in [1.29, 1.82) is 0 Å². The minimum Gasteiger partial charge on any atom is -0.493 e. The maximum atomic E-state index is 12.6. The maximum Gasteiger partial charge on any atom is 0.337 e. The minimum atomic E-state index is -1.09. The number of aliphatic carboxylic acids is 1. The van der Waals surface area contributed by atoms with E-state index in [-0.39, 0.29) is 0 Å². The predicted molar refractivity (Wildman–Crippen MR) is 142 cm³/mol. The van der Waals surface area contributed by atoms with Gasteiger partial charge in [-0.1, -0.05) is 31.4 Å². The van der Waals surface area contributed by atoms with Gasteiger partial charge in [-0.3, -0.25) is 4.98 Å². The zero-order valence-electron chi connectivity index (χ0n) is 20.9. The molecule has 182 valence electrons. The molecule has 0 amide bonds. The Labute approximate surface area is 211 Å². The standard InChI is InChI=1S/C31H29NO4/c1-4-6-15-36-30(31(33)34)26-19(3)17-22-18-20(7-5-2)8-9-23(22)28(26)24-10-11-25-27-21(13-16-35-25)12-14-32-29(24)27/h8-12,14,17-18,30H,4,6,13,15-16H2,1-3H3,(H,33,34). The van der Waals surface area contributed by atoms with Crippen molar-refractivity contribution in [3.8, 4) is 28.7 Å². The fourth-order valence-electron chi connectivity index (χ4n) is 5.14. The lowest BCUT2D eigenvalue weighted by Crippen LogP contribution is -2.18. The van der Waals surface area contributed by atoms with Gasteiger partial charge in [-0.2, -0.15) is 0 Å². The molecular weight excluding hydrogens is 450 g/mol. The topological polar surface area (TPSA) is 68.7 Å². The molecule has 0 saturated carbocycles. The summed E-state index contributed by atoms with van der Waals surface area (Å²) >= 11 is 0. The number of carbonyl (C=O) groups is 1. The lowest BCUT2D eigenvalue weighted by atomic mass is 9.85. The molecule has 1 unspecified atom stereocenters. The number of aromatic nitrogens is 1. The van der Waals surface area contributed by atoms with Crippen molar-refractivity contribution in [1.82, 2.24) is 4.98 Å². The molecule has 1 atom stereocenters. The number of pyridine rings is 1. The number of carboxylic acids is 1. The summed E-state index contributed by atoms with van der Waals surface area (Å²) in [5.74, 6) is 5.91. The first-order chi connectivity index (χ1) is 17.5. The van der Waals surface area contributed by atoms with Gasteiger partial charge in [-0.05, 0) is 78.1 Å². The van der Waals surface area contributed by atoms with E-state index in [1.165, 1.54) is 5.56 Å². The largest absolute Gasteiger partial charge is 0.493 e. The van der Waals surface area contributed by atoms with Crippen LogP contribution < -0.4 is 4.74 Å². The van der Waals surface area contributed by atoms with Crippen molar-refractivity contribution in [2.75, 3.05) is 13.2 Å². The molecule has 0 radical (unpaired) electrons. The molecule has 1 N–H and O–H groups in total. The van der Waals surface area contributed by atoms with E-state index in [4.69, 9.17) is 14.5 Å². The molecular formula is C31H29NO4. The Hall–Kier alpha value is -3.88. The van der Waals surface area contributed by atoms with Gasteiger partial charge in [0, 0.05) is 41.3 Å². The zero-order valence-corrected chi connectivity index (χ0v) is 20.9. The van der Waals surface area contributed by atoms with Crippen molar-refractivity contribution in [2.24, 2.45) is 0 Å². The number of hydrogen-bond acceptors (Lipinski definition) is 4. The molecule has 5 rings (SSSR count). The number of aryl methyl sites for hydroxylation is 1. The number of nitrogens with zero attached hydrogens (tertiary/aromatic N) is 1. The van der Waals surface area contributed by atoms with Crippen LogP contribution in [-0.4, -0.2) is 29.3 Å². The van der Waals surface area contributed by atoms with Gasteiger partial charge in [0.15, 0.2) is 6.10 Å². The average molecular weight is 480 g/mol. The Bertz CT molecular complexity index is 1530. The van der Waals surface area contributed by atoms with Crippen LogP contribution in [-0.2, 0) is 16.0 Å². The summed E-state index contributed by atoms with van der Waals surface area (Å²) < 4.78 is 12.0. The van der Waals surface area contributed by atoms with Crippen molar-refractivity contribution in [3.05, 3.63) is 70.9 Å². The second kappa shape index (κ2) is 10.0. The van der Waals surface area contributed by atoms with E-state index in [9.17, 15) is 9.90 Å². The smallest absolute Gasteiger partial charge is 0.337 e. The highest BCUT2D eigenvalue weighted by atomic mass is 16.5. The molecule has 5 heteroatoms. The van der Waals surface area contributed by atoms with Crippen LogP contribution in [0.15, 0.2) is 48.7 Å². The van der Waals surface area contributed by atoms with Crippen LogP contribution in [0, 0.1) is 18.8 Å². The highest BCUT2D eigenvalue weighted by molar-refractivity contribution is 6.09. The molecule has 0 spiro atoms. The molecule has 0 aliphatic carbocycles. The van der Waals surface area contributed by atoms with Crippen LogP contribution in [0.25, 0.3) is 32.8 Å². The third kappa shape index (κ3) is 4.19. The molecule has 1 aromatic heterocycles. The van der Waals surface area contributed by atoms with Gasteiger partial charge in [0.25, 0.3) is 0 Å². The highest BCUT2D eigenvalue weighted by Gasteiger charge is 2.29. The minimum absolute atomic E-state index is 0.380. The number of fused-ring (bicyclic) bond motifs is 1. The Balaban J connectivity index is 1.86. The molecule has 1 aliphatic rings. The SMILES string of the molecule is CC#Cc1ccc2c(-c3ccc4c5c(ccnc35)CCO4)c(C(OCCCC)C(=O)O)c(C)cc2c1. The first-order valence-corrected chi connectivity index (χ1v) is 12.4. The third-order valence-corrected chi connectivity index (χ3v) is 6.76. The van der Waals surface area contributed by atoms with Gasteiger partial charge in [0.1, 0.15) is 5.75 Å². The number of carboxylic acid groups (broad SMARTS) is 1. The summed E-state index contributed by atoms with van der Waals surface area (Å²) in [6.45, 7) is 6.85. The summed E-state index contributed by atoms with van der Waals surface area (Å²) in [7, 11) is 0. The van der Waals surface area contributed by atoms with E-state index < -0.39 is 12.1 Å². The molecule has 36 heavy (non-hydrogen) atoms. The predicted octanol–water partition coefficient (Wildman–Crippen LogP) is 6.61. The normalized spacial score (nSPS) is 13.2. The van der Waals surface area contributed by atoms with E-state index in [1.54, 1.807) is 0 Å². The van der Waals surface area contributed by atoms with Gasteiger partial charge in [-0.15, -0.1) is 5.92 Å². The average Bonchev–Trinajstić information content (AvgIpc) is 2.87. The van der Waals surface area contributed by atoms with Crippen LogP contribution in [0.1, 0.15) is 55.0 Å². The van der Waals surface area contributed by atoms with Crippen molar-refractivity contribution >= 4 is 27.6 Å². The van der Waals surface area contributed by atoms with Gasteiger partial charge in [-0.25, -0.2) is 4.79 Å². The van der Waals surface area contributed by atoms with Gasteiger partial charge in [0.05, 0.1) is 12.1 Å². The zero-order chi connectivity index (χ0) is 25.2. The molecule has 3 aromatic carbocycles. The van der Waals surface area contributed by atoms with E-state index in [1.807, 2.05) is 56.4 Å². The molecule has 0 bridgehead atoms. The monoisotopic (exact) mass is 479 g/mol. The quantitative estimate of drug-likeness (QED) is 0.239. The fourth-order valence-corrected chi connectivity index (χ4v) is 5.14. The van der Waals surface area contributed by atoms with Gasteiger partial charge < -0.3 is 14.6 Å². The van der Waals surface area contributed by atoms with Crippen LogP contribution in [0.3, 0.4) is 0 Å². The summed E-state index contributed by atoms with van der Waals surface area (Å²) in [4.78, 5) is 17.3. The van der Waals surface area contributed by atoms with E-state index >= 15 is 0 Å². The number of hydrogen-bond donors (Lipinski definition) is 1. The molecule has 0 fully saturated rings. The number of benzene rings is 3. The summed E-state index contributed by atoms with van der Waals surface area (Å²) in [5.41, 5.74) is 6.17.